The summed E-state index contributed by atoms with van der Waals surface area (Å²) in [6.07, 6.45) is 0.912. The summed E-state index contributed by atoms with van der Waals surface area (Å²) in [6.45, 7) is 7.24. The first kappa shape index (κ1) is 20.7. The highest BCUT2D eigenvalue weighted by atomic mass is 35.5. The maximum Gasteiger partial charge on any atom is 0.410 e. The highest BCUT2D eigenvalue weighted by Crippen LogP contribution is 2.26. The van der Waals surface area contributed by atoms with Crippen molar-refractivity contribution >= 4 is 28.7 Å². The van der Waals surface area contributed by atoms with Crippen LogP contribution in [0.25, 0.3) is 11.0 Å². The fraction of sp³-hybridized carbons (Fsp3) is 0.391. The number of ether oxygens (including phenoxy) is 1. The van der Waals surface area contributed by atoms with Gasteiger partial charge in [-0.2, -0.15) is 0 Å². The van der Waals surface area contributed by atoms with Gasteiger partial charge in [-0.05, 0) is 62.9 Å². The number of carbonyl (C=O) groups excluding carboxylic acids is 1. The zero-order valence-corrected chi connectivity index (χ0v) is 18.2. The molecule has 0 atom stereocenters. The number of amides is 1. The molecule has 0 bridgehead atoms. The molecule has 5 nitrogen and oxygen atoms in total. The maximum absolute atomic E-state index is 14.1. The van der Waals surface area contributed by atoms with E-state index in [0.29, 0.717) is 43.1 Å². The summed E-state index contributed by atoms with van der Waals surface area (Å²) in [6, 6.07) is 10.9. The van der Waals surface area contributed by atoms with E-state index in [0.717, 1.165) is 22.4 Å². The minimum absolute atomic E-state index is 0.285. The number of hydrogen-bond acceptors (Lipinski definition) is 3. The van der Waals surface area contributed by atoms with Gasteiger partial charge in [0.1, 0.15) is 17.2 Å². The molecule has 0 fully saturated rings. The molecule has 0 radical (unpaired) electrons. The number of fused-ring (bicyclic) bond motifs is 3. The molecule has 1 aliphatic rings. The van der Waals surface area contributed by atoms with Crippen molar-refractivity contribution in [2.45, 2.75) is 52.3 Å². The normalized spacial score (nSPS) is 14.1. The smallest absolute Gasteiger partial charge is 0.410 e. The Hall–Kier alpha value is -2.60. The number of carbonyl (C=O) groups is 1. The summed E-state index contributed by atoms with van der Waals surface area (Å²) in [5.74, 6) is 0.555. The predicted octanol–water partition coefficient (Wildman–Crippen LogP) is 5.36. The van der Waals surface area contributed by atoms with Gasteiger partial charge in [-0.15, -0.1) is 0 Å². The first-order chi connectivity index (χ1) is 14.2. The van der Waals surface area contributed by atoms with Crippen molar-refractivity contribution in [1.29, 1.82) is 0 Å². The molecule has 2 aromatic carbocycles. The summed E-state index contributed by atoms with van der Waals surface area (Å²) >= 11 is 5.85. The molecule has 4 rings (SSSR count). The van der Waals surface area contributed by atoms with Crippen molar-refractivity contribution in [3.05, 3.63) is 64.2 Å². The SMILES string of the molecule is CC(C)(C)OC(=O)N1CCn2c(nc3c(CCc4ccc(Cl)cc4F)cccc32)C1. The van der Waals surface area contributed by atoms with E-state index in [1.165, 1.54) is 6.07 Å². The monoisotopic (exact) mass is 429 g/mol. The Kier molecular flexibility index (Phi) is 5.45. The Morgan fingerprint density at radius 1 is 1.17 bits per heavy atom. The first-order valence-corrected chi connectivity index (χ1v) is 10.5. The molecule has 3 aromatic rings. The molecule has 158 valence electrons. The van der Waals surface area contributed by atoms with Crippen LogP contribution in [0, 0.1) is 5.82 Å². The lowest BCUT2D eigenvalue weighted by molar-refractivity contribution is 0.0196. The van der Waals surface area contributed by atoms with Gasteiger partial charge in [-0.3, -0.25) is 4.90 Å². The second kappa shape index (κ2) is 7.91. The largest absolute Gasteiger partial charge is 0.444 e. The Labute approximate surface area is 180 Å². The molecular weight excluding hydrogens is 405 g/mol. The van der Waals surface area contributed by atoms with Crippen molar-refractivity contribution in [2.75, 3.05) is 6.54 Å². The molecule has 0 spiro atoms. The van der Waals surface area contributed by atoms with Crippen LogP contribution in [0.5, 0.6) is 0 Å². The van der Waals surface area contributed by atoms with Gasteiger partial charge in [0.05, 0.1) is 17.6 Å². The number of aromatic nitrogens is 2. The van der Waals surface area contributed by atoms with Gasteiger partial charge in [0.25, 0.3) is 0 Å². The van der Waals surface area contributed by atoms with Crippen LogP contribution in [0.4, 0.5) is 9.18 Å². The molecule has 0 aliphatic carbocycles. The number of benzene rings is 2. The fourth-order valence-corrected chi connectivity index (χ4v) is 3.93. The molecule has 7 heteroatoms. The molecule has 1 aliphatic heterocycles. The molecule has 0 saturated carbocycles. The van der Waals surface area contributed by atoms with Crippen LogP contribution in [0.2, 0.25) is 5.02 Å². The lowest BCUT2D eigenvalue weighted by Crippen LogP contribution is -2.41. The van der Waals surface area contributed by atoms with Crippen LogP contribution in [0.15, 0.2) is 36.4 Å². The quantitative estimate of drug-likeness (QED) is 0.562. The zero-order valence-electron chi connectivity index (χ0n) is 17.4. The van der Waals surface area contributed by atoms with Crippen molar-refractivity contribution in [2.24, 2.45) is 0 Å². The van der Waals surface area contributed by atoms with Crippen molar-refractivity contribution in [3.8, 4) is 0 Å². The summed E-state index contributed by atoms with van der Waals surface area (Å²) < 4.78 is 21.8. The Morgan fingerprint density at radius 2 is 1.93 bits per heavy atom. The van der Waals surface area contributed by atoms with E-state index in [1.54, 1.807) is 17.0 Å². The van der Waals surface area contributed by atoms with Gasteiger partial charge >= 0.3 is 6.09 Å². The third kappa shape index (κ3) is 4.29. The molecule has 2 heterocycles. The Balaban J connectivity index is 1.56. The maximum atomic E-state index is 14.1. The third-order valence-electron chi connectivity index (χ3n) is 5.20. The molecule has 0 saturated heterocycles. The van der Waals surface area contributed by atoms with Crippen LogP contribution in [-0.2, 0) is 30.7 Å². The average Bonchev–Trinajstić information content (AvgIpc) is 3.04. The third-order valence-corrected chi connectivity index (χ3v) is 5.43. The second-order valence-electron chi connectivity index (χ2n) is 8.60. The lowest BCUT2D eigenvalue weighted by Gasteiger charge is -2.30. The van der Waals surface area contributed by atoms with Crippen molar-refractivity contribution in [3.63, 3.8) is 0 Å². The summed E-state index contributed by atoms with van der Waals surface area (Å²) in [4.78, 5) is 19.0. The van der Waals surface area contributed by atoms with E-state index in [4.69, 9.17) is 21.3 Å². The number of halogens is 2. The topological polar surface area (TPSA) is 47.4 Å². The molecule has 1 amide bonds. The van der Waals surface area contributed by atoms with E-state index >= 15 is 0 Å². The Morgan fingerprint density at radius 3 is 2.67 bits per heavy atom. The second-order valence-corrected chi connectivity index (χ2v) is 9.04. The van der Waals surface area contributed by atoms with Gasteiger partial charge in [-0.25, -0.2) is 14.2 Å². The van der Waals surface area contributed by atoms with Gasteiger partial charge in [-0.1, -0.05) is 29.8 Å². The van der Waals surface area contributed by atoms with Gasteiger partial charge in [0.15, 0.2) is 0 Å². The zero-order chi connectivity index (χ0) is 21.5. The summed E-state index contributed by atoms with van der Waals surface area (Å²) in [5, 5.41) is 0.398. The van der Waals surface area contributed by atoms with Crippen LogP contribution in [0.1, 0.15) is 37.7 Å². The number of hydrogen-bond donors (Lipinski definition) is 0. The van der Waals surface area contributed by atoms with Crippen LogP contribution in [-0.4, -0.2) is 32.7 Å². The van der Waals surface area contributed by atoms with Gasteiger partial charge in [0, 0.05) is 18.1 Å². The van der Waals surface area contributed by atoms with Crippen LogP contribution in [0.3, 0.4) is 0 Å². The van der Waals surface area contributed by atoms with E-state index < -0.39 is 5.60 Å². The standard InChI is InChI=1S/C23H25ClFN3O2/c1-23(2,3)30-22(29)27-11-12-28-19-6-4-5-16(21(19)26-20(28)14-27)8-7-15-9-10-17(24)13-18(15)25/h4-6,9-10,13H,7-8,11-12,14H2,1-3H3. The fourth-order valence-electron chi connectivity index (χ4n) is 3.77. The summed E-state index contributed by atoms with van der Waals surface area (Å²) in [5.41, 5.74) is 3.12. The van der Waals surface area contributed by atoms with Crippen molar-refractivity contribution < 1.29 is 13.9 Å². The number of para-hydroxylation sites is 1. The van der Waals surface area contributed by atoms with Crippen molar-refractivity contribution in [1.82, 2.24) is 14.5 Å². The van der Waals surface area contributed by atoms with E-state index in [9.17, 15) is 9.18 Å². The first-order valence-electron chi connectivity index (χ1n) is 10.1. The van der Waals surface area contributed by atoms with E-state index in [-0.39, 0.29) is 11.9 Å². The molecular formula is C23H25ClFN3O2. The molecule has 0 N–H and O–H groups in total. The number of rotatable bonds is 3. The van der Waals surface area contributed by atoms with Gasteiger partial charge in [0.2, 0.25) is 0 Å². The predicted molar refractivity (Wildman–Crippen MR) is 115 cm³/mol. The Bertz CT molecular complexity index is 1100. The number of imidazole rings is 1. The minimum atomic E-state index is -0.529. The molecule has 1 aromatic heterocycles. The van der Waals surface area contributed by atoms with E-state index in [2.05, 4.69) is 4.57 Å². The molecule has 0 unspecified atom stereocenters. The molecule has 30 heavy (non-hydrogen) atoms. The highest BCUT2D eigenvalue weighted by Gasteiger charge is 2.27. The van der Waals surface area contributed by atoms with Gasteiger partial charge < -0.3 is 9.30 Å². The highest BCUT2D eigenvalue weighted by molar-refractivity contribution is 6.30. The number of nitrogens with zero attached hydrogens (tertiary/aromatic N) is 3. The summed E-state index contributed by atoms with van der Waals surface area (Å²) in [7, 11) is 0. The lowest BCUT2D eigenvalue weighted by atomic mass is 10.0. The number of aryl methyl sites for hydroxylation is 2. The average molecular weight is 430 g/mol. The minimum Gasteiger partial charge on any atom is -0.444 e. The van der Waals surface area contributed by atoms with Crippen LogP contribution < -0.4 is 0 Å². The van der Waals surface area contributed by atoms with E-state index in [1.807, 2.05) is 39.0 Å². The van der Waals surface area contributed by atoms with Crippen LogP contribution >= 0.6 is 11.6 Å².